The summed E-state index contributed by atoms with van der Waals surface area (Å²) in [5.41, 5.74) is -0.688. The highest BCUT2D eigenvalue weighted by Crippen LogP contribution is 2.69. The number of aromatic nitrogens is 1. The van der Waals surface area contributed by atoms with Gasteiger partial charge in [0.25, 0.3) is 0 Å². The number of aliphatic hydroxyl groups is 2. The predicted molar refractivity (Wildman–Crippen MR) is 130 cm³/mol. The van der Waals surface area contributed by atoms with E-state index in [2.05, 4.69) is 22.9 Å². The van der Waals surface area contributed by atoms with Crippen molar-refractivity contribution in [3.8, 4) is 17.6 Å². The Hall–Kier alpha value is -3.44. The van der Waals surface area contributed by atoms with Crippen LogP contribution in [0.5, 0.6) is 11.5 Å². The molecule has 35 heavy (non-hydrogen) atoms. The molecule has 3 aromatic rings. The molecule has 2 N–H and O–H groups in total. The molecule has 0 radical (unpaired) electrons. The van der Waals surface area contributed by atoms with Crippen molar-refractivity contribution in [2.24, 2.45) is 5.92 Å². The van der Waals surface area contributed by atoms with Crippen LogP contribution in [0.2, 0.25) is 0 Å². The maximum atomic E-state index is 12.7. The molecule has 2 aromatic carbocycles. The summed E-state index contributed by atoms with van der Waals surface area (Å²) in [5, 5.41) is 34.1. The number of nitriles is 1. The van der Waals surface area contributed by atoms with Crippen molar-refractivity contribution in [2.75, 3.05) is 27.2 Å². The second kappa shape index (κ2) is 8.65. The first kappa shape index (κ1) is 23.3. The van der Waals surface area contributed by atoms with Crippen LogP contribution in [0.25, 0.3) is 0 Å². The molecule has 5 atom stereocenters. The van der Waals surface area contributed by atoms with E-state index in [9.17, 15) is 15.5 Å². The minimum Gasteiger partial charge on any atom is -0.495 e. The summed E-state index contributed by atoms with van der Waals surface area (Å²) in [6.45, 7) is 3.40. The van der Waals surface area contributed by atoms with E-state index < -0.39 is 23.2 Å². The third-order valence-electron chi connectivity index (χ3n) is 7.68. The van der Waals surface area contributed by atoms with E-state index in [4.69, 9.17) is 9.47 Å². The van der Waals surface area contributed by atoms with Crippen LogP contribution in [0, 0.1) is 17.2 Å². The van der Waals surface area contributed by atoms with Crippen molar-refractivity contribution < 1.29 is 19.7 Å². The van der Waals surface area contributed by atoms with E-state index >= 15 is 0 Å². The number of rotatable bonds is 6. The standard InChI is InChI=1S/C28H29N3O4/c1-4-31(2)17-21-24(19-8-6-5-7-9-19)28(20-12-10-18(14-29)11-13-20)27(33,26(21)32)25-22(34-3)15-30-16-23(25)35-28/h5-13,15-16,21,24,26,32-33H,4,17H2,1-3H3/t21-,24?,26-,27+,28?/m1/s1. The molecule has 1 saturated carbocycles. The lowest BCUT2D eigenvalue weighted by molar-refractivity contribution is -0.152. The Kier molecular flexibility index (Phi) is 5.76. The Morgan fingerprint density at radius 1 is 1.14 bits per heavy atom. The van der Waals surface area contributed by atoms with Crippen molar-refractivity contribution in [3.05, 3.63) is 89.2 Å². The van der Waals surface area contributed by atoms with Crippen molar-refractivity contribution in [3.63, 3.8) is 0 Å². The molecule has 7 nitrogen and oxygen atoms in total. The fraction of sp³-hybridized carbons (Fsp3) is 0.357. The molecule has 2 heterocycles. The van der Waals surface area contributed by atoms with Gasteiger partial charge in [0.05, 0.1) is 42.8 Å². The second-order valence-electron chi connectivity index (χ2n) is 9.36. The first-order valence-electron chi connectivity index (χ1n) is 11.8. The highest BCUT2D eigenvalue weighted by atomic mass is 16.5. The minimum atomic E-state index is -1.83. The second-order valence-corrected chi connectivity index (χ2v) is 9.36. The first-order chi connectivity index (χ1) is 16.9. The smallest absolute Gasteiger partial charge is 0.177 e. The molecule has 0 bridgehead atoms. The van der Waals surface area contributed by atoms with Crippen LogP contribution < -0.4 is 9.47 Å². The number of hydrogen-bond acceptors (Lipinski definition) is 7. The van der Waals surface area contributed by atoms with Gasteiger partial charge in [-0.2, -0.15) is 5.26 Å². The molecule has 0 spiro atoms. The highest BCUT2D eigenvalue weighted by molar-refractivity contribution is 5.59. The topological polar surface area (TPSA) is 98.8 Å². The summed E-state index contributed by atoms with van der Waals surface area (Å²) in [4.78, 5) is 6.38. The number of fused-ring (bicyclic) bond motifs is 3. The number of methoxy groups -OCH3 is 1. The van der Waals surface area contributed by atoms with Crippen LogP contribution in [-0.2, 0) is 11.2 Å². The normalized spacial score (nSPS) is 28.8. The van der Waals surface area contributed by atoms with Gasteiger partial charge >= 0.3 is 0 Å². The van der Waals surface area contributed by atoms with Crippen LogP contribution in [0.15, 0.2) is 67.0 Å². The zero-order valence-electron chi connectivity index (χ0n) is 20.0. The molecule has 1 aromatic heterocycles. The van der Waals surface area contributed by atoms with Gasteiger partial charge in [0.1, 0.15) is 11.5 Å². The summed E-state index contributed by atoms with van der Waals surface area (Å²) >= 11 is 0. The summed E-state index contributed by atoms with van der Waals surface area (Å²) in [7, 11) is 3.52. The monoisotopic (exact) mass is 471 g/mol. The van der Waals surface area contributed by atoms with Crippen LogP contribution in [-0.4, -0.2) is 53.4 Å². The molecule has 2 unspecified atom stereocenters. The molecule has 2 aliphatic rings. The molecule has 0 saturated heterocycles. The number of benzene rings is 2. The molecular formula is C28H29N3O4. The molecule has 180 valence electrons. The van der Waals surface area contributed by atoms with Gasteiger partial charge in [0.15, 0.2) is 11.2 Å². The van der Waals surface area contributed by atoms with Crippen LogP contribution in [0.1, 0.15) is 35.1 Å². The van der Waals surface area contributed by atoms with Gasteiger partial charge in [-0.15, -0.1) is 0 Å². The Morgan fingerprint density at radius 3 is 2.49 bits per heavy atom. The average molecular weight is 472 g/mol. The quantitative estimate of drug-likeness (QED) is 0.570. The molecule has 1 fully saturated rings. The Morgan fingerprint density at radius 2 is 1.86 bits per heavy atom. The third-order valence-corrected chi connectivity index (χ3v) is 7.68. The largest absolute Gasteiger partial charge is 0.495 e. The molecule has 1 aliphatic carbocycles. The van der Waals surface area contributed by atoms with Crippen molar-refractivity contribution >= 4 is 0 Å². The lowest BCUT2D eigenvalue weighted by Gasteiger charge is -2.41. The fourth-order valence-electron chi connectivity index (χ4n) is 6.02. The SMILES string of the molecule is CCN(C)C[C@@H]1C(c2ccccc2)C2(c3ccc(C#N)cc3)Oc3cncc(OC)c3[C@]2(O)[C@@H]1O. The summed E-state index contributed by atoms with van der Waals surface area (Å²) in [6, 6.07) is 19.1. The maximum Gasteiger partial charge on any atom is 0.177 e. The number of ether oxygens (including phenoxy) is 2. The Labute approximate surface area is 205 Å². The van der Waals surface area contributed by atoms with E-state index in [0.717, 1.165) is 12.1 Å². The van der Waals surface area contributed by atoms with Gasteiger partial charge in [0.2, 0.25) is 0 Å². The van der Waals surface area contributed by atoms with E-state index in [0.29, 0.717) is 34.7 Å². The van der Waals surface area contributed by atoms with Gasteiger partial charge in [-0.1, -0.05) is 49.4 Å². The van der Waals surface area contributed by atoms with Gasteiger partial charge in [-0.3, -0.25) is 4.98 Å². The lowest BCUT2D eigenvalue weighted by Crippen LogP contribution is -2.52. The fourth-order valence-corrected chi connectivity index (χ4v) is 6.02. The number of hydrogen-bond donors (Lipinski definition) is 2. The number of aliphatic hydroxyl groups excluding tert-OH is 1. The van der Waals surface area contributed by atoms with E-state index in [1.807, 2.05) is 49.5 Å². The van der Waals surface area contributed by atoms with Crippen LogP contribution in [0.4, 0.5) is 0 Å². The van der Waals surface area contributed by atoms with E-state index in [-0.39, 0.29) is 5.92 Å². The number of pyridine rings is 1. The van der Waals surface area contributed by atoms with Gasteiger partial charge in [-0.25, -0.2) is 0 Å². The van der Waals surface area contributed by atoms with Gasteiger partial charge in [-0.05, 0) is 36.9 Å². The first-order valence-corrected chi connectivity index (χ1v) is 11.8. The summed E-state index contributed by atoms with van der Waals surface area (Å²) in [5.74, 6) is -0.0499. The Bertz CT molecular complexity index is 1260. The van der Waals surface area contributed by atoms with Gasteiger partial charge < -0.3 is 24.6 Å². The zero-order chi connectivity index (χ0) is 24.8. The van der Waals surface area contributed by atoms with E-state index in [1.54, 1.807) is 18.3 Å². The third kappa shape index (κ3) is 3.18. The lowest BCUT2D eigenvalue weighted by atomic mass is 9.70. The number of nitrogens with zero attached hydrogens (tertiary/aromatic N) is 3. The van der Waals surface area contributed by atoms with Crippen molar-refractivity contribution in [2.45, 2.75) is 30.1 Å². The van der Waals surface area contributed by atoms with E-state index in [1.165, 1.54) is 13.3 Å². The van der Waals surface area contributed by atoms with Crippen molar-refractivity contribution in [1.82, 2.24) is 9.88 Å². The summed E-state index contributed by atoms with van der Waals surface area (Å²) < 4.78 is 12.4. The molecular weight excluding hydrogens is 442 g/mol. The molecule has 5 rings (SSSR count). The molecule has 1 aliphatic heterocycles. The maximum absolute atomic E-state index is 12.7. The minimum absolute atomic E-state index is 0.357. The van der Waals surface area contributed by atoms with Crippen LogP contribution >= 0.6 is 0 Å². The molecule has 7 heteroatoms. The predicted octanol–water partition coefficient (Wildman–Crippen LogP) is 3.16. The Balaban J connectivity index is 1.84. The summed E-state index contributed by atoms with van der Waals surface area (Å²) in [6.07, 6.45) is 1.92. The van der Waals surface area contributed by atoms with Gasteiger partial charge in [0, 0.05) is 18.4 Å². The highest BCUT2D eigenvalue weighted by Gasteiger charge is 2.76. The zero-order valence-corrected chi connectivity index (χ0v) is 20.0. The van der Waals surface area contributed by atoms with Crippen molar-refractivity contribution in [1.29, 1.82) is 5.26 Å². The average Bonchev–Trinajstić information content (AvgIpc) is 3.27. The van der Waals surface area contributed by atoms with Crippen LogP contribution in [0.3, 0.4) is 0 Å². The molecule has 0 amide bonds.